The number of fused-ring (bicyclic) bond motifs is 1. The minimum absolute atomic E-state index is 0.0448. The number of nitrogens with zero attached hydrogens (tertiary/aromatic N) is 1. The number of rotatable bonds is 3. The Morgan fingerprint density at radius 2 is 2.06 bits per heavy atom. The van der Waals surface area contributed by atoms with Gasteiger partial charge in [0.15, 0.2) is 0 Å². The number of hydrogen-bond donors (Lipinski definition) is 0. The van der Waals surface area contributed by atoms with Gasteiger partial charge in [-0.1, -0.05) is 18.2 Å². The van der Waals surface area contributed by atoms with Gasteiger partial charge in [-0.15, -0.1) is 11.3 Å². The molecule has 0 amide bonds. The van der Waals surface area contributed by atoms with Crippen LogP contribution >= 0.6 is 11.3 Å². The summed E-state index contributed by atoms with van der Waals surface area (Å²) in [6, 6.07) is 8.85. The molecule has 0 aliphatic rings. The molecule has 0 fully saturated rings. The molecule has 0 saturated heterocycles. The van der Waals surface area contributed by atoms with Gasteiger partial charge in [0, 0.05) is 33.9 Å². The summed E-state index contributed by atoms with van der Waals surface area (Å²) in [5.41, 5.74) is 0.0448. The highest BCUT2D eigenvalue weighted by Gasteiger charge is 2.33. The van der Waals surface area contributed by atoms with E-state index in [4.69, 9.17) is 5.26 Å². The van der Waals surface area contributed by atoms with Crippen molar-refractivity contribution in [1.82, 2.24) is 0 Å². The Morgan fingerprint density at radius 1 is 1.31 bits per heavy atom. The Hall–Kier alpha value is -1.47. The van der Waals surface area contributed by atoms with Crippen molar-refractivity contribution < 1.29 is 8.78 Å². The molecule has 1 heterocycles. The maximum absolute atomic E-state index is 13.8. The summed E-state index contributed by atoms with van der Waals surface area (Å²) in [5, 5.41) is 10.4. The minimum atomic E-state index is -2.91. The van der Waals surface area contributed by atoms with Crippen molar-refractivity contribution in [3.8, 4) is 6.07 Å². The summed E-state index contributed by atoms with van der Waals surface area (Å²) in [7, 11) is 0. The van der Waals surface area contributed by atoms with Crippen LogP contribution in [0.25, 0.3) is 10.1 Å². The lowest BCUT2D eigenvalue weighted by atomic mass is 10.0. The van der Waals surface area contributed by atoms with Crippen LogP contribution in [0.2, 0.25) is 0 Å². The molecule has 16 heavy (non-hydrogen) atoms. The number of nitriles is 1. The van der Waals surface area contributed by atoms with Gasteiger partial charge in [0.05, 0.1) is 6.07 Å². The predicted octanol–water partition coefficient (Wildman–Crippen LogP) is 4.30. The van der Waals surface area contributed by atoms with E-state index in [1.165, 1.54) is 16.7 Å². The van der Waals surface area contributed by atoms with E-state index < -0.39 is 12.3 Å². The van der Waals surface area contributed by atoms with Gasteiger partial charge in [-0.2, -0.15) is 5.26 Å². The highest BCUT2D eigenvalue weighted by Crippen LogP contribution is 2.40. The zero-order chi connectivity index (χ0) is 11.6. The molecule has 1 nitrogen and oxygen atoms in total. The van der Waals surface area contributed by atoms with Crippen LogP contribution in [0.15, 0.2) is 29.6 Å². The van der Waals surface area contributed by atoms with Gasteiger partial charge in [-0.05, 0) is 6.07 Å². The third-order valence-corrected chi connectivity index (χ3v) is 3.39. The molecule has 0 saturated carbocycles. The second-order valence-corrected chi connectivity index (χ2v) is 4.42. The Bertz CT molecular complexity index is 539. The van der Waals surface area contributed by atoms with Crippen molar-refractivity contribution >= 4 is 21.4 Å². The molecule has 0 spiro atoms. The first kappa shape index (κ1) is 11.0. The second kappa shape index (κ2) is 4.18. The van der Waals surface area contributed by atoms with Crippen LogP contribution in [-0.4, -0.2) is 0 Å². The SMILES string of the molecule is N#CCCC(F)(F)c1csc2ccccc12. The lowest BCUT2D eigenvalue weighted by Gasteiger charge is -2.13. The molecule has 82 valence electrons. The molecular formula is C12H9F2NS. The van der Waals surface area contributed by atoms with Crippen LogP contribution in [0.1, 0.15) is 18.4 Å². The molecule has 2 rings (SSSR count). The Balaban J connectivity index is 2.43. The van der Waals surface area contributed by atoms with Gasteiger partial charge < -0.3 is 0 Å². The molecule has 1 aromatic carbocycles. The Morgan fingerprint density at radius 3 is 2.81 bits per heavy atom. The third-order valence-electron chi connectivity index (χ3n) is 2.43. The molecule has 0 radical (unpaired) electrons. The van der Waals surface area contributed by atoms with Crippen LogP contribution in [0, 0.1) is 11.3 Å². The van der Waals surface area contributed by atoms with Crippen LogP contribution in [0.3, 0.4) is 0 Å². The van der Waals surface area contributed by atoms with Gasteiger partial charge >= 0.3 is 0 Å². The zero-order valence-electron chi connectivity index (χ0n) is 8.41. The zero-order valence-corrected chi connectivity index (χ0v) is 9.23. The normalized spacial score (nSPS) is 11.6. The van der Waals surface area contributed by atoms with Crippen molar-refractivity contribution in [2.75, 3.05) is 0 Å². The van der Waals surface area contributed by atoms with Crippen LogP contribution in [-0.2, 0) is 5.92 Å². The molecule has 2 aromatic rings. The molecule has 0 unspecified atom stereocenters. The molecule has 0 aliphatic carbocycles. The lowest BCUT2D eigenvalue weighted by molar-refractivity contribution is -0.0100. The molecule has 0 N–H and O–H groups in total. The van der Waals surface area contributed by atoms with Crippen molar-refractivity contribution in [2.45, 2.75) is 18.8 Å². The Labute approximate surface area is 95.9 Å². The van der Waals surface area contributed by atoms with E-state index in [0.717, 1.165) is 4.70 Å². The summed E-state index contributed by atoms with van der Waals surface area (Å²) >= 11 is 1.31. The van der Waals surface area contributed by atoms with E-state index >= 15 is 0 Å². The average Bonchev–Trinajstić information content (AvgIpc) is 2.71. The first-order valence-electron chi connectivity index (χ1n) is 4.86. The summed E-state index contributed by atoms with van der Waals surface area (Å²) in [5.74, 6) is -2.91. The summed E-state index contributed by atoms with van der Waals surface area (Å²) in [6.07, 6.45) is -0.540. The third kappa shape index (κ3) is 1.91. The predicted molar refractivity (Wildman–Crippen MR) is 60.6 cm³/mol. The van der Waals surface area contributed by atoms with Crippen molar-refractivity contribution in [1.29, 1.82) is 5.26 Å². The fourth-order valence-corrected chi connectivity index (χ4v) is 2.61. The topological polar surface area (TPSA) is 23.8 Å². The van der Waals surface area contributed by atoms with Crippen LogP contribution in [0.5, 0.6) is 0 Å². The largest absolute Gasteiger partial charge is 0.275 e. The lowest BCUT2D eigenvalue weighted by Crippen LogP contribution is -2.12. The number of hydrogen-bond acceptors (Lipinski definition) is 2. The standard InChI is InChI=1S/C12H9F2NS/c13-12(14,6-3-7-15)10-8-16-11-5-2-1-4-9(10)11/h1-2,4-5,8H,3,6H2. The van der Waals surface area contributed by atoms with E-state index in [1.807, 2.05) is 12.1 Å². The summed E-state index contributed by atoms with van der Waals surface area (Å²) in [4.78, 5) is 0. The summed E-state index contributed by atoms with van der Waals surface area (Å²) in [6.45, 7) is 0. The van der Waals surface area contributed by atoms with Gasteiger partial charge in [-0.25, -0.2) is 8.78 Å². The molecule has 4 heteroatoms. The fourth-order valence-electron chi connectivity index (χ4n) is 1.61. The quantitative estimate of drug-likeness (QED) is 0.780. The fraction of sp³-hybridized carbons (Fsp3) is 0.250. The molecule has 1 aromatic heterocycles. The molecule has 0 bridgehead atoms. The highest BCUT2D eigenvalue weighted by molar-refractivity contribution is 7.17. The van der Waals surface area contributed by atoms with Crippen molar-refractivity contribution in [3.05, 3.63) is 35.2 Å². The maximum atomic E-state index is 13.8. The first-order valence-corrected chi connectivity index (χ1v) is 5.74. The smallest absolute Gasteiger partial charge is 0.201 e. The van der Waals surface area contributed by atoms with E-state index in [-0.39, 0.29) is 12.0 Å². The number of benzene rings is 1. The van der Waals surface area contributed by atoms with E-state index in [0.29, 0.717) is 5.39 Å². The number of alkyl halides is 2. The maximum Gasteiger partial charge on any atom is 0.275 e. The van der Waals surface area contributed by atoms with E-state index in [9.17, 15) is 8.78 Å². The van der Waals surface area contributed by atoms with Gasteiger partial charge in [0.2, 0.25) is 0 Å². The van der Waals surface area contributed by atoms with Crippen molar-refractivity contribution in [3.63, 3.8) is 0 Å². The molecule has 0 atom stereocenters. The molecular weight excluding hydrogens is 228 g/mol. The monoisotopic (exact) mass is 237 g/mol. The van der Waals surface area contributed by atoms with Gasteiger partial charge in [-0.3, -0.25) is 0 Å². The minimum Gasteiger partial charge on any atom is -0.201 e. The van der Waals surface area contributed by atoms with E-state index in [2.05, 4.69) is 0 Å². The van der Waals surface area contributed by atoms with Crippen molar-refractivity contribution in [2.24, 2.45) is 0 Å². The van der Waals surface area contributed by atoms with Gasteiger partial charge in [0.1, 0.15) is 0 Å². The highest BCUT2D eigenvalue weighted by atomic mass is 32.1. The van der Waals surface area contributed by atoms with Crippen LogP contribution < -0.4 is 0 Å². The van der Waals surface area contributed by atoms with Gasteiger partial charge in [0.25, 0.3) is 5.92 Å². The number of halogens is 2. The van der Waals surface area contributed by atoms with E-state index in [1.54, 1.807) is 18.2 Å². The average molecular weight is 237 g/mol. The van der Waals surface area contributed by atoms with Crippen LogP contribution in [0.4, 0.5) is 8.78 Å². The number of thiophene rings is 1. The Kier molecular flexibility index (Phi) is 2.88. The summed E-state index contributed by atoms with van der Waals surface area (Å²) < 4.78 is 28.4. The second-order valence-electron chi connectivity index (χ2n) is 3.51. The first-order chi connectivity index (χ1) is 7.65. The molecule has 0 aliphatic heterocycles.